The lowest BCUT2D eigenvalue weighted by molar-refractivity contribution is 0.0710. The summed E-state index contributed by atoms with van der Waals surface area (Å²) in [6.45, 7) is 1.43. The molecule has 0 fully saturated rings. The number of nitrogens with zero attached hydrogens (tertiary/aromatic N) is 2. The largest absolute Gasteiger partial charge is 0.497 e. The fourth-order valence-corrected chi connectivity index (χ4v) is 2.59. The first-order chi connectivity index (χ1) is 12.5. The number of aliphatic hydroxyl groups is 1. The summed E-state index contributed by atoms with van der Waals surface area (Å²) in [6, 6.07) is 11.5. The summed E-state index contributed by atoms with van der Waals surface area (Å²) in [6.07, 6.45) is 0. The van der Waals surface area contributed by atoms with Crippen LogP contribution in [-0.4, -0.2) is 68.3 Å². The molecule has 0 aliphatic heterocycles. The van der Waals surface area contributed by atoms with E-state index in [1.807, 2.05) is 19.0 Å². The minimum atomic E-state index is -0.378. The van der Waals surface area contributed by atoms with E-state index in [1.54, 1.807) is 41.3 Å². The van der Waals surface area contributed by atoms with Crippen molar-refractivity contribution in [3.8, 4) is 16.9 Å². The van der Waals surface area contributed by atoms with Crippen LogP contribution in [0.4, 0.5) is 4.39 Å². The van der Waals surface area contributed by atoms with Gasteiger partial charge >= 0.3 is 0 Å². The van der Waals surface area contributed by atoms with Crippen LogP contribution in [0.1, 0.15) is 10.4 Å². The number of aliphatic hydroxyl groups excluding tert-OH is 1. The first kappa shape index (κ1) is 19.9. The summed E-state index contributed by atoms with van der Waals surface area (Å²) in [5.74, 6) is -0.0717. The average molecular weight is 360 g/mol. The Morgan fingerprint density at radius 3 is 2.31 bits per heavy atom. The third-order valence-electron chi connectivity index (χ3n) is 4.09. The third kappa shape index (κ3) is 5.03. The molecular formula is C20H25FN2O3. The lowest BCUT2D eigenvalue weighted by atomic mass is 10.0. The van der Waals surface area contributed by atoms with Crippen molar-refractivity contribution in [2.75, 3.05) is 47.4 Å². The third-order valence-corrected chi connectivity index (χ3v) is 4.09. The topological polar surface area (TPSA) is 53.0 Å². The molecule has 5 nitrogen and oxygen atoms in total. The van der Waals surface area contributed by atoms with Gasteiger partial charge in [0, 0.05) is 36.8 Å². The van der Waals surface area contributed by atoms with E-state index >= 15 is 0 Å². The zero-order valence-electron chi connectivity index (χ0n) is 15.4. The number of halogens is 1. The highest BCUT2D eigenvalue weighted by Crippen LogP contribution is 2.26. The lowest BCUT2D eigenvalue weighted by Crippen LogP contribution is -2.38. The van der Waals surface area contributed by atoms with Crippen LogP contribution in [0.25, 0.3) is 11.1 Å². The summed E-state index contributed by atoms with van der Waals surface area (Å²) >= 11 is 0. The molecular weight excluding hydrogens is 335 g/mol. The highest BCUT2D eigenvalue weighted by molar-refractivity contribution is 5.94. The number of benzene rings is 2. The van der Waals surface area contributed by atoms with Crippen molar-refractivity contribution in [1.29, 1.82) is 0 Å². The van der Waals surface area contributed by atoms with E-state index in [2.05, 4.69) is 0 Å². The van der Waals surface area contributed by atoms with Gasteiger partial charge in [-0.1, -0.05) is 12.1 Å². The van der Waals surface area contributed by atoms with Gasteiger partial charge < -0.3 is 19.6 Å². The number of rotatable bonds is 8. The minimum Gasteiger partial charge on any atom is -0.497 e. The molecule has 0 aliphatic rings. The van der Waals surface area contributed by atoms with Crippen LogP contribution in [0.3, 0.4) is 0 Å². The van der Waals surface area contributed by atoms with E-state index in [1.165, 1.54) is 13.2 Å². The zero-order chi connectivity index (χ0) is 19.1. The van der Waals surface area contributed by atoms with Crippen LogP contribution in [0, 0.1) is 5.82 Å². The number of likely N-dealkylation sites (N-methyl/N-ethyl adjacent to an activating group) is 1. The Morgan fingerprint density at radius 1 is 1.08 bits per heavy atom. The molecule has 140 valence electrons. The number of hydrogen-bond donors (Lipinski definition) is 1. The smallest absolute Gasteiger partial charge is 0.253 e. The molecule has 2 aromatic rings. The van der Waals surface area contributed by atoms with Crippen molar-refractivity contribution in [1.82, 2.24) is 9.80 Å². The van der Waals surface area contributed by atoms with Crippen LogP contribution in [0.2, 0.25) is 0 Å². The minimum absolute atomic E-state index is 0.0890. The summed E-state index contributed by atoms with van der Waals surface area (Å²) in [5.41, 5.74) is 1.64. The van der Waals surface area contributed by atoms with Gasteiger partial charge in [0.2, 0.25) is 0 Å². The Balaban J connectivity index is 2.18. The molecule has 0 atom stereocenters. The number of ether oxygens (including phenoxy) is 1. The molecule has 0 aliphatic carbocycles. The van der Waals surface area contributed by atoms with Gasteiger partial charge in [-0.05, 0) is 43.9 Å². The van der Waals surface area contributed by atoms with Gasteiger partial charge in [-0.25, -0.2) is 4.39 Å². The zero-order valence-corrected chi connectivity index (χ0v) is 15.4. The Morgan fingerprint density at radius 2 is 1.77 bits per heavy atom. The van der Waals surface area contributed by atoms with Crippen molar-refractivity contribution >= 4 is 5.91 Å². The van der Waals surface area contributed by atoms with Gasteiger partial charge in [-0.3, -0.25) is 4.79 Å². The molecule has 1 N–H and O–H groups in total. The molecule has 0 saturated carbocycles. The predicted molar refractivity (Wildman–Crippen MR) is 99.9 cm³/mol. The Bertz CT molecular complexity index is 732. The van der Waals surface area contributed by atoms with Gasteiger partial charge in [0.25, 0.3) is 5.91 Å². The molecule has 0 aromatic heterocycles. The normalized spacial score (nSPS) is 10.8. The summed E-state index contributed by atoms with van der Waals surface area (Å²) in [4.78, 5) is 16.2. The van der Waals surface area contributed by atoms with Gasteiger partial charge in [-0.2, -0.15) is 0 Å². The van der Waals surface area contributed by atoms with Gasteiger partial charge in [0.1, 0.15) is 11.6 Å². The molecule has 2 aromatic carbocycles. The molecule has 0 saturated heterocycles. The average Bonchev–Trinajstić information content (AvgIpc) is 2.64. The molecule has 0 unspecified atom stereocenters. The second-order valence-corrected chi connectivity index (χ2v) is 6.24. The quantitative estimate of drug-likeness (QED) is 0.786. The van der Waals surface area contributed by atoms with Crippen molar-refractivity contribution in [3.05, 3.63) is 53.8 Å². The van der Waals surface area contributed by atoms with Crippen LogP contribution in [0.5, 0.6) is 5.75 Å². The fraction of sp³-hybridized carbons (Fsp3) is 0.350. The van der Waals surface area contributed by atoms with E-state index in [9.17, 15) is 14.3 Å². The molecule has 0 heterocycles. The molecule has 2 rings (SSSR count). The second kappa shape index (κ2) is 9.31. The van der Waals surface area contributed by atoms with Gasteiger partial charge in [-0.15, -0.1) is 0 Å². The summed E-state index contributed by atoms with van der Waals surface area (Å²) in [7, 11) is 5.35. The molecule has 26 heavy (non-hydrogen) atoms. The number of carbonyl (C=O) groups is 1. The van der Waals surface area contributed by atoms with E-state index in [0.717, 1.165) is 0 Å². The van der Waals surface area contributed by atoms with Gasteiger partial charge in [0.05, 0.1) is 13.7 Å². The molecule has 0 spiro atoms. The van der Waals surface area contributed by atoms with E-state index in [-0.39, 0.29) is 24.9 Å². The molecule has 1 amide bonds. The number of amides is 1. The lowest BCUT2D eigenvalue weighted by Gasteiger charge is -2.23. The van der Waals surface area contributed by atoms with E-state index in [0.29, 0.717) is 35.5 Å². The van der Waals surface area contributed by atoms with Crippen LogP contribution in [-0.2, 0) is 0 Å². The van der Waals surface area contributed by atoms with Crippen molar-refractivity contribution in [2.45, 2.75) is 0 Å². The fourth-order valence-electron chi connectivity index (χ4n) is 2.59. The maximum absolute atomic E-state index is 14.2. The second-order valence-electron chi connectivity index (χ2n) is 6.24. The standard InChI is InChI=1S/C20H25FN2O3/c1-22(2)10-11-23(12-13-24)20(25)16-6-4-15(5-7-16)18-9-8-17(26-3)14-19(18)21/h4-9,14,24H,10-13H2,1-3H3. The number of carbonyl (C=O) groups excluding carboxylic acids is 1. The molecule has 6 heteroatoms. The van der Waals surface area contributed by atoms with Crippen LogP contribution >= 0.6 is 0 Å². The molecule has 0 bridgehead atoms. The molecule has 0 radical (unpaired) electrons. The first-order valence-electron chi connectivity index (χ1n) is 8.45. The van der Waals surface area contributed by atoms with Gasteiger partial charge in [0.15, 0.2) is 0 Å². The van der Waals surface area contributed by atoms with Crippen molar-refractivity contribution in [2.24, 2.45) is 0 Å². The monoisotopic (exact) mass is 360 g/mol. The predicted octanol–water partition coefficient (Wildman–Crippen LogP) is 2.50. The maximum atomic E-state index is 14.2. The van der Waals surface area contributed by atoms with Crippen molar-refractivity contribution < 1.29 is 19.0 Å². The highest BCUT2D eigenvalue weighted by atomic mass is 19.1. The maximum Gasteiger partial charge on any atom is 0.253 e. The van der Waals surface area contributed by atoms with Crippen LogP contribution in [0.15, 0.2) is 42.5 Å². The van der Waals surface area contributed by atoms with Crippen molar-refractivity contribution in [3.63, 3.8) is 0 Å². The summed E-state index contributed by atoms with van der Waals surface area (Å²) in [5, 5.41) is 9.20. The SMILES string of the molecule is COc1ccc(-c2ccc(C(=O)N(CCO)CCN(C)C)cc2)c(F)c1. The van der Waals surface area contributed by atoms with E-state index < -0.39 is 0 Å². The van der Waals surface area contributed by atoms with Crippen LogP contribution < -0.4 is 4.74 Å². The Kier molecular flexibility index (Phi) is 7.12. The van der Waals surface area contributed by atoms with E-state index in [4.69, 9.17) is 4.74 Å². The number of hydrogen-bond acceptors (Lipinski definition) is 4. The number of methoxy groups -OCH3 is 1. The first-order valence-corrected chi connectivity index (χ1v) is 8.45. The Labute approximate surface area is 153 Å². The Hall–Kier alpha value is -2.44. The summed E-state index contributed by atoms with van der Waals surface area (Å²) < 4.78 is 19.2. The highest BCUT2D eigenvalue weighted by Gasteiger charge is 2.16.